The average molecular weight is 278 g/mol. The maximum Gasteiger partial charge on any atom is 0.0661 e. The summed E-state index contributed by atoms with van der Waals surface area (Å²) in [6, 6.07) is 1.71. The molecular weight excluding hydrogens is 248 g/mol. The fourth-order valence-corrected chi connectivity index (χ4v) is 4.83. The molecule has 0 aromatic carbocycles. The summed E-state index contributed by atoms with van der Waals surface area (Å²) < 4.78 is 5.95. The minimum atomic E-state index is 0.533. The standard InChI is InChI=1S/C17H30N2O/c1-2-20-16-10-15(17(16)7-3-8-17)18-11-13-6-9-19(12-13)14-4-5-14/h13-16,18H,2-12H2,1H3. The van der Waals surface area contributed by atoms with E-state index in [0.717, 1.165) is 24.6 Å². The van der Waals surface area contributed by atoms with Crippen LogP contribution in [0.15, 0.2) is 0 Å². The van der Waals surface area contributed by atoms with E-state index in [-0.39, 0.29) is 0 Å². The highest BCUT2D eigenvalue weighted by atomic mass is 16.5. The van der Waals surface area contributed by atoms with Gasteiger partial charge in [-0.1, -0.05) is 6.42 Å². The van der Waals surface area contributed by atoms with Crippen molar-refractivity contribution in [2.24, 2.45) is 11.3 Å². The van der Waals surface area contributed by atoms with Crippen LogP contribution in [0.1, 0.15) is 51.9 Å². The minimum Gasteiger partial charge on any atom is -0.378 e. The lowest BCUT2D eigenvalue weighted by atomic mass is 9.51. The summed E-state index contributed by atoms with van der Waals surface area (Å²) in [5.41, 5.74) is 0.533. The zero-order valence-corrected chi connectivity index (χ0v) is 12.9. The Balaban J connectivity index is 1.24. The predicted octanol–water partition coefficient (Wildman–Crippen LogP) is 2.41. The lowest BCUT2D eigenvalue weighted by molar-refractivity contribution is -0.173. The van der Waals surface area contributed by atoms with Crippen LogP contribution >= 0.6 is 0 Å². The van der Waals surface area contributed by atoms with Gasteiger partial charge in [0.25, 0.3) is 0 Å². The molecule has 1 N–H and O–H groups in total. The molecule has 4 aliphatic rings. The summed E-state index contributed by atoms with van der Waals surface area (Å²) in [6.07, 6.45) is 10.4. The molecule has 3 atom stereocenters. The molecule has 114 valence electrons. The molecular formula is C17H30N2O. The van der Waals surface area contributed by atoms with Crippen molar-refractivity contribution in [3.8, 4) is 0 Å². The Morgan fingerprint density at radius 1 is 1.25 bits per heavy atom. The van der Waals surface area contributed by atoms with E-state index in [2.05, 4.69) is 17.1 Å². The first kappa shape index (κ1) is 13.5. The van der Waals surface area contributed by atoms with Crippen molar-refractivity contribution in [3.05, 3.63) is 0 Å². The van der Waals surface area contributed by atoms with Crippen LogP contribution in [0.3, 0.4) is 0 Å². The van der Waals surface area contributed by atoms with Gasteiger partial charge in [0, 0.05) is 30.7 Å². The van der Waals surface area contributed by atoms with Crippen molar-refractivity contribution in [3.63, 3.8) is 0 Å². The predicted molar refractivity (Wildman–Crippen MR) is 80.8 cm³/mol. The first-order chi connectivity index (χ1) is 9.82. The molecule has 0 bridgehead atoms. The Morgan fingerprint density at radius 2 is 2.10 bits per heavy atom. The number of ether oxygens (including phenoxy) is 1. The highest BCUT2D eigenvalue weighted by Crippen LogP contribution is 2.57. The number of hydrogen-bond acceptors (Lipinski definition) is 3. The zero-order valence-electron chi connectivity index (χ0n) is 12.9. The summed E-state index contributed by atoms with van der Waals surface area (Å²) >= 11 is 0. The number of nitrogens with zero attached hydrogens (tertiary/aromatic N) is 1. The van der Waals surface area contributed by atoms with Crippen molar-refractivity contribution >= 4 is 0 Å². The van der Waals surface area contributed by atoms with E-state index >= 15 is 0 Å². The minimum absolute atomic E-state index is 0.533. The van der Waals surface area contributed by atoms with Crippen LogP contribution in [0.2, 0.25) is 0 Å². The molecule has 20 heavy (non-hydrogen) atoms. The molecule has 0 aromatic heterocycles. The number of rotatable bonds is 6. The van der Waals surface area contributed by atoms with Gasteiger partial charge in [0.15, 0.2) is 0 Å². The summed E-state index contributed by atoms with van der Waals surface area (Å²) in [6.45, 7) is 6.98. The van der Waals surface area contributed by atoms with Crippen LogP contribution in [-0.2, 0) is 4.74 Å². The summed E-state index contributed by atoms with van der Waals surface area (Å²) in [7, 11) is 0. The molecule has 3 aliphatic carbocycles. The van der Waals surface area contributed by atoms with Crippen LogP contribution in [0.4, 0.5) is 0 Å². The number of hydrogen-bond donors (Lipinski definition) is 1. The van der Waals surface area contributed by atoms with Gasteiger partial charge in [-0.2, -0.15) is 0 Å². The lowest BCUT2D eigenvalue weighted by Gasteiger charge is -2.61. The Morgan fingerprint density at radius 3 is 2.75 bits per heavy atom. The molecule has 1 saturated heterocycles. The molecule has 3 heteroatoms. The van der Waals surface area contributed by atoms with Crippen molar-refractivity contribution in [2.75, 3.05) is 26.2 Å². The monoisotopic (exact) mass is 278 g/mol. The highest BCUT2D eigenvalue weighted by Gasteiger charge is 2.58. The third-order valence-electron chi connectivity index (χ3n) is 6.47. The molecule has 1 heterocycles. The molecule has 4 fully saturated rings. The van der Waals surface area contributed by atoms with Crippen molar-refractivity contribution in [1.29, 1.82) is 0 Å². The van der Waals surface area contributed by atoms with Crippen molar-refractivity contribution in [2.45, 2.75) is 70.1 Å². The quantitative estimate of drug-likeness (QED) is 0.807. The van der Waals surface area contributed by atoms with Gasteiger partial charge < -0.3 is 15.0 Å². The second-order valence-electron chi connectivity index (χ2n) is 7.61. The van der Waals surface area contributed by atoms with Gasteiger partial charge in [-0.05, 0) is 64.5 Å². The van der Waals surface area contributed by atoms with E-state index in [9.17, 15) is 0 Å². The first-order valence-electron chi connectivity index (χ1n) is 8.91. The summed E-state index contributed by atoms with van der Waals surface area (Å²) in [5.74, 6) is 0.902. The maximum atomic E-state index is 5.95. The van der Waals surface area contributed by atoms with Crippen LogP contribution in [0.5, 0.6) is 0 Å². The Hall–Kier alpha value is -0.120. The number of likely N-dealkylation sites (tertiary alicyclic amines) is 1. The molecule has 0 aromatic rings. The van der Waals surface area contributed by atoms with E-state index in [1.165, 1.54) is 64.6 Å². The van der Waals surface area contributed by atoms with E-state index in [1.54, 1.807) is 0 Å². The van der Waals surface area contributed by atoms with Crippen molar-refractivity contribution in [1.82, 2.24) is 10.2 Å². The van der Waals surface area contributed by atoms with E-state index in [4.69, 9.17) is 4.74 Å². The average Bonchev–Trinajstić information content (AvgIpc) is 3.11. The molecule has 0 radical (unpaired) electrons. The molecule has 0 amide bonds. The Kier molecular flexibility index (Phi) is 3.56. The normalized spacial score (nSPS) is 39.8. The molecule has 4 rings (SSSR count). The Bertz CT molecular complexity index is 351. The van der Waals surface area contributed by atoms with Gasteiger partial charge >= 0.3 is 0 Å². The number of nitrogens with one attached hydrogen (secondary N) is 1. The van der Waals surface area contributed by atoms with Crippen LogP contribution in [0.25, 0.3) is 0 Å². The van der Waals surface area contributed by atoms with Gasteiger partial charge in [-0.25, -0.2) is 0 Å². The second-order valence-corrected chi connectivity index (χ2v) is 7.61. The molecule has 3 nitrogen and oxygen atoms in total. The van der Waals surface area contributed by atoms with Gasteiger partial charge in [-0.15, -0.1) is 0 Å². The van der Waals surface area contributed by atoms with Gasteiger partial charge in [0.05, 0.1) is 6.10 Å². The maximum absolute atomic E-state index is 5.95. The topological polar surface area (TPSA) is 24.5 Å². The van der Waals surface area contributed by atoms with Gasteiger partial charge in [0.2, 0.25) is 0 Å². The SMILES string of the molecule is CCOC1CC(NCC2CCN(C3CC3)C2)C12CCC2. The summed E-state index contributed by atoms with van der Waals surface area (Å²) in [5, 5.41) is 3.92. The molecule has 3 saturated carbocycles. The lowest BCUT2D eigenvalue weighted by Crippen LogP contribution is -2.67. The fraction of sp³-hybridized carbons (Fsp3) is 1.00. The zero-order chi connectivity index (χ0) is 13.6. The van der Waals surface area contributed by atoms with Gasteiger partial charge in [-0.3, -0.25) is 0 Å². The molecule has 3 unspecified atom stereocenters. The van der Waals surface area contributed by atoms with E-state index < -0.39 is 0 Å². The third kappa shape index (κ3) is 2.22. The third-order valence-corrected chi connectivity index (χ3v) is 6.47. The largest absolute Gasteiger partial charge is 0.378 e. The van der Waals surface area contributed by atoms with Crippen molar-refractivity contribution < 1.29 is 4.74 Å². The summed E-state index contributed by atoms with van der Waals surface area (Å²) in [4.78, 5) is 2.73. The second kappa shape index (κ2) is 5.26. The first-order valence-corrected chi connectivity index (χ1v) is 8.91. The van der Waals surface area contributed by atoms with Crippen LogP contribution in [-0.4, -0.2) is 49.3 Å². The van der Waals surface area contributed by atoms with E-state index in [1.807, 2.05) is 0 Å². The fourth-order valence-electron chi connectivity index (χ4n) is 4.83. The highest BCUT2D eigenvalue weighted by molar-refractivity contribution is 5.12. The van der Waals surface area contributed by atoms with Crippen LogP contribution < -0.4 is 5.32 Å². The molecule has 1 aliphatic heterocycles. The smallest absolute Gasteiger partial charge is 0.0661 e. The van der Waals surface area contributed by atoms with Crippen LogP contribution in [0, 0.1) is 11.3 Å². The Labute approximate surface area is 123 Å². The van der Waals surface area contributed by atoms with Gasteiger partial charge in [0.1, 0.15) is 0 Å². The van der Waals surface area contributed by atoms with E-state index in [0.29, 0.717) is 11.5 Å². The molecule has 1 spiro atoms.